The van der Waals surface area contributed by atoms with E-state index in [2.05, 4.69) is 5.32 Å². The number of piperazine rings is 1. The largest absolute Gasteiger partial charge is 0.497 e. The molecule has 0 aliphatic carbocycles. The molecule has 1 aromatic heterocycles. The average Bonchev–Trinajstić information content (AvgIpc) is 3.47. The molecule has 0 unspecified atom stereocenters. The van der Waals surface area contributed by atoms with Gasteiger partial charge < -0.3 is 24.3 Å². The molecule has 1 aliphatic heterocycles. The van der Waals surface area contributed by atoms with E-state index in [1.165, 1.54) is 49.6 Å². The molecule has 2 heterocycles. The smallest absolute Gasteiger partial charge is 0.291 e. The van der Waals surface area contributed by atoms with Crippen LogP contribution in [0.2, 0.25) is 5.02 Å². The molecule has 1 N–H and O–H groups in total. The van der Waals surface area contributed by atoms with Gasteiger partial charge in [-0.05, 0) is 54.6 Å². The van der Waals surface area contributed by atoms with Crippen molar-refractivity contribution in [3.8, 4) is 17.1 Å². The van der Waals surface area contributed by atoms with E-state index in [0.29, 0.717) is 48.3 Å². The Morgan fingerprint density at radius 1 is 1.02 bits per heavy atom. The van der Waals surface area contributed by atoms with Crippen molar-refractivity contribution in [3.05, 3.63) is 105 Å². The molecule has 1 saturated heterocycles. The molecule has 210 valence electrons. The number of nitrogens with zero attached hydrogens (tertiary/aromatic N) is 3. The number of rotatable bonds is 7. The van der Waals surface area contributed by atoms with Crippen molar-refractivity contribution in [2.24, 2.45) is 0 Å². The van der Waals surface area contributed by atoms with Crippen LogP contribution in [0.15, 0.2) is 77.2 Å². The maximum atomic E-state index is 14.1. The van der Waals surface area contributed by atoms with Gasteiger partial charge >= 0.3 is 0 Å². The van der Waals surface area contributed by atoms with Crippen LogP contribution in [0.1, 0.15) is 20.9 Å². The predicted molar refractivity (Wildman–Crippen MR) is 151 cm³/mol. The minimum atomic E-state index is -0.579. The van der Waals surface area contributed by atoms with Gasteiger partial charge in [-0.15, -0.1) is 0 Å². The third-order valence-corrected chi connectivity index (χ3v) is 6.95. The number of anilines is 2. The fourth-order valence-corrected chi connectivity index (χ4v) is 4.80. The van der Waals surface area contributed by atoms with E-state index in [4.69, 9.17) is 20.8 Å². The number of furan rings is 1. The highest BCUT2D eigenvalue weighted by atomic mass is 35.5. The van der Waals surface area contributed by atoms with Crippen molar-refractivity contribution in [1.29, 1.82) is 0 Å². The molecule has 1 aliphatic rings. The number of hydrogen-bond donors (Lipinski definition) is 1. The Labute approximate surface area is 239 Å². The summed E-state index contributed by atoms with van der Waals surface area (Å²) in [6, 6.07) is 18.2. The van der Waals surface area contributed by atoms with Crippen molar-refractivity contribution in [2.75, 3.05) is 43.5 Å². The van der Waals surface area contributed by atoms with Crippen molar-refractivity contribution in [2.45, 2.75) is 0 Å². The third-order valence-electron chi connectivity index (χ3n) is 6.72. The lowest BCUT2D eigenvalue weighted by atomic mass is 10.1. The van der Waals surface area contributed by atoms with E-state index in [1.54, 1.807) is 35.2 Å². The highest BCUT2D eigenvalue weighted by Crippen LogP contribution is 2.35. The number of nitrogens with one attached hydrogen (secondary N) is 1. The second kappa shape index (κ2) is 11.7. The Balaban J connectivity index is 1.31. The van der Waals surface area contributed by atoms with Gasteiger partial charge in [0.2, 0.25) is 0 Å². The Bertz CT molecular complexity index is 1630. The van der Waals surface area contributed by atoms with Crippen LogP contribution >= 0.6 is 11.6 Å². The summed E-state index contributed by atoms with van der Waals surface area (Å²) in [4.78, 5) is 40.6. The second-order valence-electron chi connectivity index (χ2n) is 9.18. The molecular formula is C29H24ClFN4O6. The van der Waals surface area contributed by atoms with Gasteiger partial charge in [-0.1, -0.05) is 23.7 Å². The van der Waals surface area contributed by atoms with Crippen LogP contribution in [0.3, 0.4) is 0 Å². The number of carbonyl (C=O) groups is 2. The van der Waals surface area contributed by atoms with E-state index < -0.39 is 16.6 Å². The van der Waals surface area contributed by atoms with Crippen molar-refractivity contribution >= 4 is 40.5 Å². The summed E-state index contributed by atoms with van der Waals surface area (Å²) >= 11 is 6.23. The predicted octanol–water partition coefficient (Wildman–Crippen LogP) is 5.87. The number of hydrogen-bond acceptors (Lipinski definition) is 7. The number of methoxy groups -OCH3 is 1. The Morgan fingerprint density at radius 3 is 2.49 bits per heavy atom. The molecule has 2 amide bonds. The lowest BCUT2D eigenvalue weighted by Gasteiger charge is -2.37. The summed E-state index contributed by atoms with van der Waals surface area (Å²) < 4.78 is 24.9. The molecule has 1 fully saturated rings. The number of benzene rings is 3. The van der Waals surface area contributed by atoms with Crippen LogP contribution in [0, 0.1) is 15.9 Å². The topological polar surface area (TPSA) is 118 Å². The van der Waals surface area contributed by atoms with Gasteiger partial charge in [0.05, 0.1) is 40.6 Å². The lowest BCUT2D eigenvalue weighted by molar-refractivity contribution is -0.384. The number of halogens is 2. The number of nitro groups is 1. The van der Waals surface area contributed by atoms with Crippen LogP contribution in [0.25, 0.3) is 11.3 Å². The van der Waals surface area contributed by atoms with Gasteiger partial charge in [0.15, 0.2) is 5.76 Å². The number of amides is 2. The maximum absolute atomic E-state index is 14.1. The molecule has 0 atom stereocenters. The summed E-state index contributed by atoms with van der Waals surface area (Å²) in [5, 5.41) is 14.8. The van der Waals surface area contributed by atoms with E-state index in [9.17, 15) is 24.1 Å². The van der Waals surface area contributed by atoms with Gasteiger partial charge in [0.1, 0.15) is 17.3 Å². The van der Waals surface area contributed by atoms with Crippen LogP contribution in [0.5, 0.6) is 5.75 Å². The number of carbonyl (C=O) groups excluding carboxylic acids is 2. The van der Waals surface area contributed by atoms with E-state index >= 15 is 0 Å². The Morgan fingerprint density at radius 2 is 1.78 bits per heavy atom. The first-order valence-electron chi connectivity index (χ1n) is 12.6. The molecule has 3 aromatic carbocycles. The zero-order chi connectivity index (χ0) is 29.1. The standard InChI is InChI=1S/C29H24ClFN4O6/c1-40-19-7-8-21(25(17-19)35(38)39)26-10-11-27(41-26)28(36)32-23-16-18(30)6-9-24(23)33-12-14-34(15-13-33)29(37)20-4-2-3-5-22(20)31/h2-11,16-17H,12-15H2,1H3,(H,32,36). The van der Waals surface area contributed by atoms with E-state index in [0.717, 1.165) is 0 Å². The molecule has 0 bridgehead atoms. The maximum Gasteiger partial charge on any atom is 0.291 e. The minimum Gasteiger partial charge on any atom is -0.497 e. The molecule has 12 heteroatoms. The molecule has 10 nitrogen and oxygen atoms in total. The molecule has 4 aromatic rings. The number of ether oxygens (including phenoxy) is 1. The monoisotopic (exact) mass is 578 g/mol. The molecule has 41 heavy (non-hydrogen) atoms. The summed E-state index contributed by atoms with van der Waals surface area (Å²) in [6.07, 6.45) is 0. The van der Waals surface area contributed by atoms with Crippen LogP contribution in [-0.2, 0) is 0 Å². The summed E-state index contributed by atoms with van der Waals surface area (Å²) in [5.74, 6) is -1.12. The average molecular weight is 579 g/mol. The third kappa shape index (κ3) is 5.85. The zero-order valence-corrected chi connectivity index (χ0v) is 22.6. The zero-order valence-electron chi connectivity index (χ0n) is 21.8. The van der Waals surface area contributed by atoms with Crippen LogP contribution < -0.4 is 15.0 Å². The normalized spacial score (nSPS) is 13.1. The first kappa shape index (κ1) is 27.7. The first-order chi connectivity index (χ1) is 19.7. The number of nitro benzene ring substituents is 1. The second-order valence-corrected chi connectivity index (χ2v) is 9.62. The molecular weight excluding hydrogens is 555 g/mol. The highest BCUT2D eigenvalue weighted by molar-refractivity contribution is 6.31. The molecule has 0 radical (unpaired) electrons. The Hall–Kier alpha value is -4.90. The quantitative estimate of drug-likeness (QED) is 0.215. The van der Waals surface area contributed by atoms with Gasteiger partial charge in [-0.2, -0.15) is 0 Å². The SMILES string of the molecule is COc1ccc(-c2ccc(C(=O)Nc3cc(Cl)ccc3N3CCN(C(=O)c4ccccc4F)CC3)o2)c([N+](=O)[O-])c1. The summed E-state index contributed by atoms with van der Waals surface area (Å²) in [6.45, 7) is 1.59. The van der Waals surface area contributed by atoms with Crippen LogP contribution in [-0.4, -0.2) is 54.9 Å². The lowest BCUT2D eigenvalue weighted by Crippen LogP contribution is -2.49. The van der Waals surface area contributed by atoms with Gasteiger partial charge in [-0.25, -0.2) is 4.39 Å². The first-order valence-corrected chi connectivity index (χ1v) is 12.9. The summed E-state index contributed by atoms with van der Waals surface area (Å²) in [5.41, 5.74) is 1.10. The van der Waals surface area contributed by atoms with Crippen LogP contribution in [0.4, 0.5) is 21.5 Å². The molecule has 0 saturated carbocycles. The fraction of sp³-hybridized carbons (Fsp3) is 0.172. The highest BCUT2D eigenvalue weighted by Gasteiger charge is 2.26. The fourth-order valence-electron chi connectivity index (χ4n) is 4.63. The van der Waals surface area contributed by atoms with E-state index in [1.807, 2.05) is 4.90 Å². The molecule has 5 rings (SSSR count). The van der Waals surface area contributed by atoms with Gasteiger partial charge in [0, 0.05) is 31.2 Å². The van der Waals surface area contributed by atoms with Crippen molar-refractivity contribution in [3.63, 3.8) is 0 Å². The summed E-state index contributed by atoms with van der Waals surface area (Å²) in [7, 11) is 1.41. The van der Waals surface area contributed by atoms with E-state index in [-0.39, 0.29) is 34.2 Å². The van der Waals surface area contributed by atoms with Gasteiger partial charge in [-0.3, -0.25) is 19.7 Å². The Kier molecular flexibility index (Phi) is 7.88. The molecule has 0 spiro atoms. The van der Waals surface area contributed by atoms with Gasteiger partial charge in [0.25, 0.3) is 17.5 Å². The van der Waals surface area contributed by atoms with Crippen molar-refractivity contribution < 1.29 is 28.1 Å². The minimum absolute atomic E-state index is 0.0261. The van der Waals surface area contributed by atoms with Crippen molar-refractivity contribution in [1.82, 2.24) is 4.90 Å².